The molecule has 1 aliphatic carbocycles. The molecule has 1 aromatic rings. The number of piperazine rings is 1. The first kappa shape index (κ1) is 13.2. The van der Waals surface area contributed by atoms with Gasteiger partial charge in [-0.25, -0.2) is 0 Å². The zero-order valence-corrected chi connectivity index (χ0v) is 12.4. The number of aromatic nitrogens is 1. The van der Waals surface area contributed by atoms with E-state index in [0.717, 1.165) is 31.6 Å². The summed E-state index contributed by atoms with van der Waals surface area (Å²) in [6, 6.07) is 7.61. The van der Waals surface area contributed by atoms with Crippen LogP contribution >= 0.6 is 0 Å². The third-order valence-electron chi connectivity index (χ3n) is 5.82. The number of nitrogens with zero attached hydrogens (tertiary/aromatic N) is 3. The lowest BCUT2D eigenvalue weighted by atomic mass is 9.62. The second-order valence-corrected chi connectivity index (χ2v) is 6.90. The fraction of sp³-hybridized carbons (Fsp3) is 0.625. The summed E-state index contributed by atoms with van der Waals surface area (Å²) in [6.45, 7) is 2.30. The van der Waals surface area contributed by atoms with Gasteiger partial charge in [0, 0.05) is 37.4 Å². The van der Waals surface area contributed by atoms with Crippen LogP contribution in [-0.2, 0) is 10.2 Å². The van der Waals surface area contributed by atoms with Gasteiger partial charge in [-0.05, 0) is 38.4 Å². The Morgan fingerprint density at radius 1 is 1.29 bits per heavy atom. The van der Waals surface area contributed by atoms with Crippen molar-refractivity contribution in [3.8, 4) is 0 Å². The average Bonchev–Trinajstić information content (AvgIpc) is 2.97. The minimum absolute atomic E-state index is 0.223. The topological polar surface area (TPSA) is 62.5 Å². The highest BCUT2D eigenvalue weighted by atomic mass is 16.1. The lowest BCUT2D eigenvalue weighted by molar-refractivity contribution is -0.130. The van der Waals surface area contributed by atoms with Crippen LogP contribution in [0.5, 0.6) is 0 Å². The Morgan fingerprint density at radius 2 is 2.10 bits per heavy atom. The number of rotatable bonds is 3. The lowest BCUT2D eigenvalue weighted by Crippen LogP contribution is -2.62. The molecular weight excluding hydrogens is 264 g/mol. The van der Waals surface area contributed by atoms with Crippen LogP contribution in [0.1, 0.15) is 25.0 Å². The molecule has 3 heterocycles. The molecule has 3 fully saturated rings. The van der Waals surface area contributed by atoms with Crippen molar-refractivity contribution < 1.29 is 4.79 Å². The van der Waals surface area contributed by atoms with E-state index in [9.17, 15) is 4.79 Å². The summed E-state index contributed by atoms with van der Waals surface area (Å²) >= 11 is 0. The molecule has 1 amide bonds. The van der Waals surface area contributed by atoms with Crippen LogP contribution in [0.3, 0.4) is 0 Å². The number of pyridine rings is 1. The number of nitrogens with two attached hydrogens (primary N) is 1. The maximum absolute atomic E-state index is 12.0. The monoisotopic (exact) mass is 286 g/mol. The first-order valence-electron chi connectivity index (χ1n) is 7.77. The molecule has 0 spiro atoms. The van der Waals surface area contributed by atoms with Crippen molar-refractivity contribution in [2.24, 2.45) is 5.73 Å². The van der Waals surface area contributed by atoms with Gasteiger partial charge in [0.25, 0.3) is 0 Å². The first-order valence-corrected chi connectivity index (χ1v) is 7.77. The smallest absolute Gasteiger partial charge is 0.229 e. The molecule has 0 radical (unpaired) electrons. The number of primary amides is 1. The molecule has 3 aliphatic rings. The second-order valence-electron chi connectivity index (χ2n) is 6.90. The summed E-state index contributed by atoms with van der Waals surface area (Å²) in [7, 11) is 2.21. The van der Waals surface area contributed by atoms with Gasteiger partial charge in [-0.3, -0.25) is 14.7 Å². The van der Waals surface area contributed by atoms with Crippen molar-refractivity contribution in [3.05, 3.63) is 30.1 Å². The third-order valence-corrected chi connectivity index (χ3v) is 5.82. The van der Waals surface area contributed by atoms with Crippen LogP contribution < -0.4 is 5.73 Å². The maximum Gasteiger partial charge on any atom is 0.229 e. The van der Waals surface area contributed by atoms with E-state index < -0.39 is 5.41 Å². The Labute approximate surface area is 125 Å². The Bertz CT molecular complexity index is 553. The second kappa shape index (κ2) is 4.52. The highest BCUT2D eigenvalue weighted by Gasteiger charge is 2.56. The van der Waals surface area contributed by atoms with Crippen LogP contribution in [0.25, 0.3) is 0 Å². The predicted molar refractivity (Wildman–Crippen MR) is 79.7 cm³/mol. The molecule has 5 nitrogen and oxygen atoms in total. The van der Waals surface area contributed by atoms with E-state index in [-0.39, 0.29) is 5.91 Å². The van der Waals surface area contributed by atoms with E-state index >= 15 is 0 Å². The van der Waals surface area contributed by atoms with Crippen LogP contribution in [0, 0.1) is 0 Å². The van der Waals surface area contributed by atoms with Crippen molar-refractivity contribution in [2.75, 3.05) is 20.1 Å². The van der Waals surface area contributed by atoms with E-state index in [1.807, 2.05) is 18.2 Å². The normalized spacial score (nSPS) is 39.4. The standard InChI is InChI=1S/C16H22N4O/c1-19-9-12-6-11(19)10-20(12)13-7-16(8-13,15(17)21)14-4-2-3-5-18-14/h2-5,11-13H,6-10H2,1H3,(H2,17,21)/t11-,12-,13?,16?/m0/s1. The SMILES string of the molecule is CN1C[C@@H]2C[C@H]1CN2C1CC(C(N)=O)(c2ccccn2)C1. The number of amides is 1. The lowest BCUT2D eigenvalue weighted by Gasteiger charge is -2.51. The van der Waals surface area contributed by atoms with Gasteiger partial charge in [-0.15, -0.1) is 0 Å². The first-order chi connectivity index (χ1) is 10.1. The van der Waals surface area contributed by atoms with Crippen molar-refractivity contribution >= 4 is 5.91 Å². The van der Waals surface area contributed by atoms with Gasteiger partial charge in [0.15, 0.2) is 0 Å². The minimum atomic E-state index is -0.542. The zero-order valence-electron chi connectivity index (χ0n) is 12.4. The average molecular weight is 286 g/mol. The number of likely N-dealkylation sites (N-methyl/N-ethyl adjacent to an activating group) is 1. The van der Waals surface area contributed by atoms with Crippen molar-refractivity contribution in [1.82, 2.24) is 14.8 Å². The molecule has 0 aromatic carbocycles. The third kappa shape index (κ3) is 1.84. The number of carbonyl (C=O) groups excluding carboxylic acids is 1. The number of hydrogen-bond donors (Lipinski definition) is 1. The largest absolute Gasteiger partial charge is 0.369 e. The van der Waals surface area contributed by atoms with Crippen molar-refractivity contribution in [1.29, 1.82) is 0 Å². The van der Waals surface area contributed by atoms with Gasteiger partial charge in [-0.2, -0.15) is 0 Å². The summed E-state index contributed by atoms with van der Waals surface area (Å²) in [6.07, 6.45) is 4.68. The molecular formula is C16H22N4O. The quantitative estimate of drug-likeness (QED) is 0.871. The van der Waals surface area contributed by atoms with E-state index in [1.54, 1.807) is 6.20 Å². The highest BCUT2D eigenvalue weighted by Crippen LogP contribution is 2.48. The number of fused-ring (bicyclic) bond motifs is 2. The molecule has 4 rings (SSSR count). The Balaban J connectivity index is 1.51. The van der Waals surface area contributed by atoms with Gasteiger partial charge in [-0.1, -0.05) is 6.07 Å². The van der Waals surface area contributed by atoms with Gasteiger partial charge in [0.1, 0.15) is 0 Å². The molecule has 2 aliphatic heterocycles. The molecule has 2 N–H and O–H groups in total. The summed E-state index contributed by atoms with van der Waals surface area (Å²) < 4.78 is 0. The Hall–Kier alpha value is -1.46. The highest BCUT2D eigenvalue weighted by molar-refractivity contribution is 5.87. The van der Waals surface area contributed by atoms with Gasteiger partial charge in [0.2, 0.25) is 5.91 Å². The molecule has 2 saturated heterocycles. The molecule has 5 heteroatoms. The predicted octanol–water partition coefficient (Wildman–Crippen LogP) is 0.355. The van der Waals surface area contributed by atoms with E-state index in [1.165, 1.54) is 6.42 Å². The minimum Gasteiger partial charge on any atom is -0.369 e. The molecule has 1 aromatic heterocycles. The summed E-state index contributed by atoms with van der Waals surface area (Å²) in [5.41, 5.74) is 6.02. The fourth-order valence-electron chi connectivity index (χ4n) is 4.51. The summed E-state index contributed by atoms with van der Waals surface area (Å²) in [5.74, 6) is -0.223. The van der Waals surface area contributed by atoms with Crippen molar-refractivity contribution in [2.45, 2.75) is 42.8 Å². The summed E-state index contributed by atoms with van der Waals surface area (Å²) in [5, 5.41) is 0. The fourth-order valence-corrected chi connectivity index (χ4v) is 4.51. The van der Waals surface area contributed by atoms with E-state index in [2.05, 4.69) is 21.8 Å². The summed E-state index contributed by atoms with van der Waals surface area (Å²) in [4.78, 5) is 21.5. The van der Waals surface area contributed by atoms with Crippen LogP contribution in [-0.4, -0.2) is 59.0 Å². The molecule has 0 unspecified atom stereocenters. The Kier molecular flexibility index (Phi) is 2.84. The molecule has 21 heavy (non-hydrogen) atoms. The van der Waals surface area contributed by atoms with Crippen LogP contribution in [0.4, 0.5) is 0 Å². The molecule has 2 bridgehead atoms. The number of carbonyl (C=O) groups is 1. The maximum atomic E-state index is 12.0. The van der Waals surface area contributed by atoms with Gasteiger partial charge < -0.3 is 10.6 Å². The van der Waals surface area contributed by atoms with Crippen molar-refractivity contribution in [3.63, 3.8) is 0 Å². The zero-order chi connectivity index (χ0) is 14.6. The Morgan fingerprint density at radius 3 is 2.62 bits per heavy atom. The van der Waals surface area contributed by atoms with Gasteiger partial charge in [0.05, 0.1) is 11.1 Å². The van der Waals surface area contributed by atoms with Gasteiger partial charge >= 0.3 is 0 Å². The number of hydrogen-bond acceptors (Lipinski definition) is 4. The molecule has 1 saturated carbocycles. The number of likely N-dealkylation sites (tertiary alicyclic amines) is 2. The molecule has 2 atom stereocenters. The van der Waals surface area contributed by atoms with E-state index in [0.29, 0.717) is 18.1 Å². The van der Waals surface area contributed by atoms with E-state index in [4.69, 9.17) is 5.73 Å². The van der Waals surface area contributed by atoms with Crippen LogP contribution in [0.2, 0.25) is 0 Å². The molecule has 112 valence electrons. The van der Waals surface area contributed by atoms with Crippen LogP contribution in [0.15, 0.2) is 24.4 Å².